The van der Waals surface area contributed by atoms with Gasteiger partial charge in [0.2, 0.25) is 0 Å². The molecule has 40 heavy (non-hydrogen) atoms. The first kappa shape index (κ1) is 22.7. The fourth-order valence-electron chi connectivity index (χ4n) is 7.27. The lowest BCUT2D eigenvalue weighted by Gasteiger charge is -2.39. The van der Waals surface area contributed by atoms with Gasteiger partial charge in [-0.25, -0.2) is 0 Å². The molecule has 1 nitrogen and oxygen atoms in total. The molecule has 6 aromatic carbocycles. The minimum absolute atomic E-state index is 0.392. The van der Waals surface area contributed by atoms with Crippen molar-refractivity contribution < 1.29 is 0 Å². The Hall–Kier alpha value is -4.05. The Bertz CT molecular complexity index is 2110. The summed E-state index contributed by atoms with van der Waals surface area (Å²) in [6.07, 6.45) is 0. The van der Waals surface area contributed by atoms with Gasteiger partial charge in [-0.2, -0.15) is 0 Å². The van der Waals surface area contributed by atoms with Crippen molar-refractivity contribution in [1.82, 2.24) is 4.57 Å². The fraction of sp³-hybridized carbons (Fsp3) is 0.0270. The van der Waals surface area contributed by atoms with Crippen molar-refractivity contribution >= 4 is 49.5 Å². The number of hydrogen-bond donors (Lipinski definition) is 0. The number of halogens is 1. The third kappa shape index (κ3) is 2.79. The Labute approximate surface area is 245 Å². The lowest BCUT2D eigenvalue weighted by Crippen LogP contribution is -2.31. The van der Waals surface area contributed by atoms with Gasteiger partial charge in [-0.1, -0.05) is 113 Å². The molecule has 1 aliphatic heterocycles. The molecule has 3 heteroatoms. The molecule has 0 saturated carbocycles. The second-order valence-corrected chi connectivity index (χ2v) is 12.6. The van der Waals surface area contributed by atoms with Crippen molar-refractivity contribution in [3.8, 4) is 16.8 Å². The van der Waals surface area contributed by atoms with E-state index in [9.17, 15) is 0 Å². The predicted octanol–water partition coefficient (Wildman–Crippen LogP) is 10.4. The summed E-state index contributed by atoms with van der Waals surface area (Å²) in [4.78, 5) is 2.65. The maximum atomic E-state index is 3.85. The molecule has 7 aromatic rings. The zero-order valence-corrected chi connectivity index (χ0v) is 23.8. The molecule has 0 saturated heterocycles. The summed E-state index contributed by atoms with van der Waals surface area (Å²) in [5.41, 5.74) is 11.4. The largest absolute Gasteiger partial charge is 0.309 e. The molecule has 0 unspecified atom stereocenters. The summed E-state index contributed by atoms with van der Waals surface area (Å²) in [5.74, 6) is 0. The Morgan fingerprint density at radius 1 is 0.550 bits per heavy atom. The van der Waals surface area contributed by atoms with Crippen LogP contribution in [0.1, 0.15) is 22.3 Å². The summed E-state index contributed by atoms with van der Waals surface area (Å²) >= 11 is 5.74. The van der Waals surface area contributed by atoms with Gasteiger partial charge < -0.3 is 4.57 Å². The highest BCUT2D eigenvalue weighted by atomic mass is 79.9. The molecular formula is C37H22BrNS. The lowest BCUT2D eigenvalue weighted by molar-refractivity contribution is 0.722. The Balaban J connectivity index is 1.52. The van der Waals surface area contributed by atoms with Crippen molar-refractivity contribution in [2.45, 2.75) is 15.2 Å². The monoisotopic (exact) mass is 591 g/mol. The Morgan fingerprint density at radius 2 is 1.23 bits per heavy atom. The summed E-state index contributed by atoms with van der Waals surface area (Å²) in [5, 5.41) is 2.61. The maximum absolute atomic E-state index is 3.85. The fourth-order valence-corrected chi connectivity index (χ4v) is 8.83. The second kappa shape index (κ2) is 8.23. The van der Waals surface area contributed by atoms with Gasteiger partial charge in [0, 0.05) is 30.7 Å². The van der Waals surface area contributed by atoms with Crippen LogP contribution in [0, 0.1) is 0 Å². The van der Waals surface area contributed by atoms with E-state index < -0.39 is 5.41 Å². The second-order valence-electron chi connectivity index (χ2n) is 10.6. The van der Waals surface area contributed by atoms with E-state index in [1.54, 1.807) is 0 Å². The molecule has 188 valence electrons. The molecular weight excluding hydrogens is 570 g/mol. The quantitative estimate of drug-likeness (QED) is 0.184. The average Bonchev–Trinajstić information content (AvgIpc) is 3.48. The van der Waals surface area contributed by atoms with E-state index in [0.29, 0.717) is 0 Å². The zero-order chi connectivity index (χ0) is 26.4. The number of hydrogen-bond acceptors (Lipinski definition) is 1. The van der Waals surface area contributed by atoms with E-state index >= 15 is 0 Å². The first-order valence-electron chi connectivity index (χ1n) is 13.6. The van der Waals surface area contributed by atoms with Crippen molar-refractivity contribution in [1.29, 1.82) is 0 Å². The standard InChI is InChI=1S/C37H22BrNS/c38-23-18-19-25-30(22-23)37(27-13-5-8-16-33(27)40-34-17-9-6-14-28(34)37)29-20-21-32-36(35(25)29)26-12-4-7-15-31(26)39(32)24-10-2-1-3-11-24/h1-22H. The van der Waals surface area contributed by atoms with Gasteiger partial charge in [-0.15, -0.1) is 0 Å². The molecule has 0 N–H and O–H groups in total. The van der Waals surface area contributed by atoms with Gasteiger partial charge in [0.15, 0.2) is 0 Å². The minimum atomic E-state index is -0.392. The Morgan fingerprint density at radius 3 is 2.00 bits per heavy atom. The number of rotatable bonds is 1. The average molecular weight is 593 g/mol. The molecule has 2 aliphatic rings. The Kier molecular flexibility index (Phi) is 4.68. The van der Waals surface area contributed by atoms with Crippen LogP contribution in [0.4, 0.5) is 0 Å². The summed E-state index contributed by atoms with van der Waals surface area (Å²) in [6.45, 7) is 0. The number of aromatic nitrogens is 1. The maximum Gasteiger partial charge on any atom is 0.0736 e. The van der Waals surface area contributed by atoms with Gasteiger partial charge in [0.25, 0.3) is 0 Å². The van der Waals surface area contributed by atoms with Gasteiger partial charge >= 0.3 is 0 Å². The topological polar surface area (TPSA) is 4.93 Å². The molecule has 0 fully saturated rings. The first-order valence-corrected chi connectivity index (χ1v) is 15.2. The smallest absolute Gasteiger partial charge is 0.0736 e. The van der Waals surface area contributed by atoms with Crippen LogP contribution in [0.3, 0.4) is 0 Å². The van der Waals surface area contributed by atoms with E-state index in [2.05, 4.69) is 154 Å². The third-order valence-electron chi connectivity index (χ3n) is 8.71. The molecule has 1 aromatic heterocycles. The molecule has 1 aliphatic carbocycles. The van der Waals surface area contributed by atoms with E-state index in [1.807, 2.05) is 11.8 Å². The van der Waals surface area contributed by atoms with E-state index in [0.717, 1.165) is 4.47 Å². The highest BCUT2D eigenvalue weighted by molar-refractivity contribution is 9.10. The number of benzene rings is 6. The number of para-hydroxylation sites is 2. The number of nitrogens with zero attached hydrogens (tertiary/aromatic N) is 1. The highest BCUT2D eigenvalue weighted by Gasteiger charge is 2.51. The van der Waals surface area contributed by atoms with Crippen molar-refractivity contribution in [3.05, 3.63) is 160 Å². The molecule has 9 rings (SSSR count). The van der Waals surface area contributed by atoms with Crippen LogP contribution in [-0.2, 0) is 5.41 Å². The molecule has 1 spiro atoms. The van der Waals surface area contributed by atoms with E-state index in [4.69, 9.17) is 0 Å². The van der Waals surface area contributed by atoms with Crippen LogP contribution in [0.15, 0.2) is 148 Å². The minimum Gasteiger partial charge on any atom is -0.309 e. The van der Waals surface area contributed by atoms with Gasteiger partial charge in [0.1, 0.15) is 0 Å². The van der Waals surface area contributed by atoms with Crippen molar-refractivity contribution in [2.24, 2.45) is 0 Å². The van der Waals surface area contributed by atoms with Gasteiger partial charge in [-0.3, -0.25) is 0 Å². The molecule has 0 radical (unpaired) electrons. The van der Waals surface area contributed by atoms with E-state index in [1.165, 1.54) is 70.7 Å². The molecule has 0 amide bonds. The van der Waals surface area contributed by atoms with Gasteiger partial charge in [0.05, 0.1) is 16.4 Å². The SMILES string of the molecule is Brc1ccc2c(c1)C1(c3ccccc3Sc3ccccc31)c1ccc3c(c1-2)c1ccccc1n3-c1ccccc1. The van der Waals surface area contributed by atoms with Crippen LogP contribution in [0.2, 0.25) is 0 Å². The van der Waals surface area contributed by atoms with Crippen LogP contribution < -0.4 is 0 Å². The molecule has 0 atom stereocenters. The van der Waals surface area contributed by atoms with Gasteiger partial charge in [-0.05, 0) is 81.9 Å². The summed E-state index contributed by atoms with van der Waals surface area (Å²) < 4.78 is 3.53. The first-order chi connectivity index (χ1) is 19.8. The highest BCUT2D eigenvalue weighted by Crippen LogP contribution is 2.63. The predicted molar refractivity (Wildman–Crippen MR) is 170 cm³/mol. The third-order valence-corrected chi connectivity index (χ3v) is 10.4. The van der Waals surface area contributed by atoms with E-state index in [-0.39, 0.29) is 0 Å². The molecule has 0 bridgehead atoms. The van der Waals surface area contributed by atoms with Crippen molar-refractivity contribution in [2.75, 3.05) is 0 Å². The number of fused-ring (bicyclic) bond motifs is 13. The summed E-state index contributed by atoms with van der Waals surface area (Å²) in [6, 6.07) is 49.3. The normalized spacial score (nSPS) is 14.2. The van der Waals surface area contributed by atoms with Crippen LogP contribution >= 0.6 is 27.7 Å². The lowest BCUT2D eigenvalue weighted by atomic mass is 9.67. The summed E-state index contributed by atoms with van der Waals surface area (Å²) in [7, 11) is 0. The molecule has 2 heterocycles. The van der Waals surface area contributed by atoms with Crippen LogP contribution in [-0.4, -0.2) is 4.57 Å². The van der Waals surface area contributed by atoms with Crippen LogP contribution in [0.5, 0.6) is 0 Å². The van der Waals surface area contributed by atoms with Crippen LogP contribution in [0.25, 0.3) is 38.6 Å². The zero-order valence-electron chi connectivity index (χ0n) is 21.4. The van der Waals surface area contributed by atoms with Crippen molar-refractivity contribution in [3.63, 3.8) is 0 Å².